The molecule has 0 saturated carbocycles. The number of halogens is 1. The molecule has 0 aliphatic rings. The van der Waals surface area contributed by atoms with Crippen LogP contribution in [0.5, 0.6) is 5.75 Å². The largest absolute Gasteiger partial charge is 0.490 e. The minimum atomic E-state index is -0.939. The minimum Gasteiger partial charge on any atom is -0.490 e. The molecule has 0 saturated heterocycles. The highest BCUT2D eigenvalue weighted by atomic mass is 35.5. The summed E-state index contributed by atoms with van der Waals surface area (Å²) >= 11 is 8.80. The number of thioether (sulfide) groups is 1. The van der Waals surface area contributed by atoms with E-state index in [9.17, 15) is 20.1 Å². The quantitative estimate of drug-likeness (QED) is 0.0782. The average molecular weight is 691 g/mol. The number of nitriles is 2. The summed E-state index contributed by atoms with van der Waals surface area (Å²) in [7, 11) is 0. The Bertz CT molecular complexity index is 1790. The summed E-state index contributed by atoms with van der Waals surface area (Å²) in [5.74, 6) is 0.0474. The molecule has 7 N–H and O–H groups in total. The zero-order valence-electron chi connectivity index (χ0n) is 25.1. The van der Waals surface area contributed by atoms with E-state index >= 15 is 0 Å². The van der Waals surface area contributed by atoms with Crippen molar-refractivity contribution >= 4 is 52.4 Å². The van der Waals surface area contributed by atoms with Gasteiger partial charge >= 0.3 is 5.97 Å². The van der Waals surface area contributed by atoms with E-state index in [-0.39, 0.29) is 48.9 Å². The van der Waals surface area contributed by atoms with E-state index in [0.29, 0.717) is 45.8 Å². The molecule has 0 aliphatic heterocycles. The summed E-state index contributed by atoms with van der Waals surface area (Å²) in [6.45, 7) is 0.687. The van der Waals surface area contributed by atoms with Crippen LogP contribution in [0.25, 0.3) is 21.7 Å². The number of hydrogen-bond acceptors (Lipinski definition) is 13. The molecule has 2 aromatic carbocycles. The molecule has 0 radical (unpaired) electrons. The molecule has 2 aromatic heterocycles. The summed E-state index contributed by atoms with van der Waals surface area (Å²) in [6, 6.07) is 17.5. The standard InChI is InChI=1S/C32H31ClN8O4S2/c33-21-5-1-20(2-6-21)30-40-22(17-46-30)18-47-31-25(16-36)28(24(15-35)29(38)41-31)19-3-7-23(8-4-19)44-13-14-45-32(43)26(37)9-10-27(42)39-12-11-34/h1-8,17,26H,9-14,18,34,37H2,(H2,38,41)(H,39,42). The second kappa shape index (κ2) is 17.3. The summed E-state index contributed by atoms with van der Waals surface area (Å²) in [5.41, 5.74) is 20.4. The second-order valence-electron chi connectivity index (χ2n) is 9.91. The fraction of sp³-hybridized carbons (Fsp3) is 0.250. The third-order valence-corrected chi connectivity index (χ3v) is 8.81. The Morgan fingerprint density at radius 2 is 1.72 bits per heavy atom. The number of thiazole rings is 1. The van der Waals surface area contributed by atoms with Crippen molar-refractivity contribution in [1.82, 2.24) is 15.3 Å². The van der Waals surface area contributed by atoms with Gasteiger partial charge in [0.05, 0.1) is 11.3 Å². The van der Waals surface area contributed by atoms with Gasteiger partial charge in [-0.05, 0) is 36.2 Å². The molecule has 1 unspecified atom stereocenters. The van der Waals surface area contributed by atoms with Crippen LogP contribution in [0.3, 0.4) is 0 Å². The first-order chi connectivity index (χ1) is 22.7. The van der Waals surface area contributed by atoms with Crippen molar-refractivity contribution < 1.29 is 19.1 Å². The predicted octanol–water partition coefficient (Wildman–Crippen LogP) is 4.25. The minimum absolute atomic E-state index is 0.0145. The van der Waals surface area contributed by atoms with E-state index < -0.39 is 12.0 Å². The van der Waals surface area contributed by atoms with Gasteiger partial charge in [0.15, 0.2) is 0 Å². The highest BCUT2D eigenvalue weighted by molar-refractivity contribution is 7.98. The van der Waals surface area contributed by atoms with E-state index in [1.54, 1.807) is 24.3 Å². The number of hydrogen-bond donors (Lipinski definition) is 4. The van der Waals surface area contributed by atoms with E-state index in [1.165, 1.54) is 23.1 Å². The summed E-state index contributed by atoms with van der Waals surface area (Å²) in [6.07, 6.45) is 0.226. The van der Waals surface area contributed by atoms with Gasteiger partial charge in [0, 0.05) is 46.8 Å². The summed E-state index contributed by atoms with van der Waals surface area (Å²) < 4.78 is 10.8. The molecule has 0 spiro atoms. The maximum absolute atomic E-state index is 12.1. The SMILES string of the molecule is N#Cc1c(N)nc(SCc2csc(-c3ccc(Cl)cc3)n2)c(C#N)c1-c1ccc(OCCOC(=O)C(N)CCC(=O)NCCN)cc1. The maximum Gasteiger partial charge on any atom is 0.323 e. The zero-order valence-corrected chi connectivity index (χ0v) is 27.5. The first-order valence-corrected chi connectivity index (χ1v) is 16.6. The van der Waals surface area contributed by atoms with Crippen molar-refractivity contribution in [2.75, 3.05) is 32.0 Å². The van der Waals surface area contributed by atoms with Crippen molar-refractivity contribution in [3.8, 4) is 39.6 Å². The molecule has 4 aromatic rings. The normalized spacial score (nSPS) is 11.3. The smallest absolute Gasteiger partial charge is 0.323 e. The number of benzene rings is 2. The Kier molecular flexibility index (Phi) is 12.9. The number of rotatable bonds is 15. The van der Waals surface area contributed by atoms with Crippen molar-refractivity contribution in [3.63, 3.8) is 0 Å². The molecule has 15 heteroatoms. The molecule has 0 fully saturated rings. The number of nitrogens with one attached hydrogen (secondary N) is 1. The molecule has 12 nitrogen and oxygen atoms in total. The van der Waals surface area contributed by atoms with Crippen LogP contribution in [-0.2, 0) is 20.1 Å². The maximum atomic E-state index is 12.1. The lowest BCUT2D eigenvalue weighted by atomic mass is 9.97. The second-order valence-corrected chi connectivity index (χ2v) is 12.2. The number of anilines is 1. The summed E-state index contributed by atoms with van der Waals surface area (Å²) in [5, 5.41) is 26.4. The lowest BCUT2D eigenvalue weighted by Crippen LogP contribution is -2.35. The van der Waals surface area contributed by atoms with Gasteiger partial charge in [-0.15, -0.1) is 11.3 Å². The molecular formula is C32H31ClN8O4S2. The van der Waals surface area contributed by atoms with Crippen molar-refractivity contribution in [2.45, 2.75) is 29.7 Å². The van der Waals surface area contributed by atoms with Crippen LogP contribution in [-0.4, -0.2) is 54.2 Å². The zero-order chi connectivity index (χ0) is 33.8. The fourth-order valence-electron chi connectivity index (χ4n) is 4.26. The number of amides is 1. The Labute approximate surface area is 284 Å². The fourth-order valence-corrected chi connectivity index (χ4v) is 6.21. The highest BCUT2D eigenvalue weighted by Crippen LogP contribution is 2.37. The number of carbonyl (C=O) groups is 2. The number of nitrogens with zero attached hydrogens (tertiary/aromatic N) is 4. The monoisotopic (exact) mass is 690 g/mol. The third kappa shape index (κ3) is 9.65. The first kappa shape index (κ1) is 35.2. The molecule has 1 atom stereocenters. The molecule has 1 amide bonds. The van der Waals surface area contributed by atoms with Gasteiger partial charge in [-0.1, -0.05) is 47.6 Å². The number of carbonyl (C=O) groups excluding carboxylic acids is 2. The Hall–Kier alpha value is -4.70. The number of esters is 1. The summed E-state index contributed by atoms with van der Waals surface area (Å²) in [4.78, 5) is 32.8. The van der Waals surface area contributed by atoms with Crippen LogP contribution in [0.15, 0.2) is 58.9 Å². The van der Waals surface area contributed by atoms with Crippen LogP contribution >= 0.6 is 34.7 Å². The first-order valence-electron chi connectivity index (χ1n) is 14.3. The van der Waals surface area contributed by atoms with Gasteiger partial charge in [0.1, 0.15) is 58.6 Å². The predicted molar refractivity (Wildman–Crippen MR) is 181 cm³/mol. The Morgan fingerprint density at radius 3 is 2.40 bits per heavy atom. The van der Waals surface area contributed by atoms with Gasteiger partial charge < -0.3 is 32.0 Å². The average Bonchev–Trinajstić information content (AvgIpc) is 3.56. The molecule has 2 heterocycles. The molecule has 4 rings (SSSR count). The molecule has 242 valence electrons. The lowest BCUT2D eigenvalue weighted by Gasteiger charge is -2.14. The number of aromatic nitrogens is 2. The van der Waals surface area contributed by atoms with Gasteiger partial charge in [0.25, 0.3) is 0 Å². The Balaban J connectivity index is 1.38. The number of nitrogens with two attached hydrogens (primary N) is 3. The van der Waals surface area contributed by atoms with E-state index in [1.807, 2.05) is 29.6 Å². The van der Waals surface area contributed by atoms with Crippen LogP contribution in [0.2, 0.25) is 5.02 Å². The van der Waals surface area contributed by atoms with Gasteiger partial charge in [-0.25, -0.2) is 9.97 Å². The van der Waals surface area contributed by atoms with Gasteiger partial charge in [0.2, 0.25) is 5.91 Å². The van der Waals surface area contributed by atoms with Crippen molar-refractivity contribution in [2.24, 2.45) is 11.5 Å². The van der Waals surface area contributed by atoms with Crippen molar-refractivity contribution in [3.05, 3.63) is 75.8 Å². The number of nitrogen functional groups attached to an aromatic ring is 1. The molecular weight excluding hydrogens is 660 g/mol. The van der Waals surface area contributed by atoms with Gasteiger partial charge in [-0.3, -0.25) is 9.59 Å². The lowest BCUT2D eigenvalue weighted by molar-refractivity contribution is -0.146. The van der Waals surface area contributed by atoms with Crippen LogP contribution in [0.1, 0.15) is 29.7 Å². The molecule has 0 bridgehead atoms. The van der Waals surface area contributed by atoms with E-state index in [0.717, 1.165) is 16.3 Å². The number of pyridine rings is 1. The molecule has 47 heavy (non-hydrogen) atoms. The highest BCUT2D eigenvalue weighted by Gasteiger charge is 2.21. The van der Waals surface area contributed by atoms with Crippen LogP contribution in [0.4, 0.5) is 5.82 Å². The van der Waals surface area contributed by atoms with Crippen molar-refractivity contribution in [1.29, 1.82) is 10.5 Å². The van der Waals surface area contributed by atoms with E-state index in [2.05, 4.69) is 22.4 Å². The van der Waals surface area contributed by atoms with Crippen LogP contribution in [0, 0.1) is 22.7 Å². The molecule has 0 aliphatic carbocycles. The Morgan fingerprint density at radius 1 is 1.02 bits per heavy atom. The van der Waals surface area contributed by atoms with E-state index in [4.69, 9.17) is 43.3 Å². The third-order valence-electron chi connectivity index (χ3n) is 6.61. The number of ether oxygens (including phenoxy) is 2. The topological polar surface area (TPSA) is 216 Å². The van der Waals surface area contributed by atoms with Gasteiger partial charge in [-0.2, -0.15) is 10.5 Å². The van der Waals surface area contributed by atoms with Crippen LogP contribution < -0.4 is 27.3 Å².